The van der Waals surface area contributed by atoms with Crippen molar-refractivity contribution in [2.45, 2.75) is 6.42 Å². The Morgan fingerprint density at radius 1 is 1.00 bits per heavy atom. The zero-order valence-corrected chi connectivity index (χ0v) is 14.6. The summed E-state index contributed by atoms with van der Waals surface area (Å²) in [7, 11) is 1.68. The SMILES string of the molecule is COCC1=NCCC(Nc2nc(-c3ccccc3)nc3ccccc23)=C1. The summed E-state index contributed by atoms with van der Waals surface area (Å²) in [5.74, 6) is 1.54. The van der Waals surface area contributed by atoms with Gasteiger partial charge >= 0.3 is 0 Å². The second-order valence-corrected chi connectivity index (χ2v) is 6.13. The van der Waals surface area contributed by atoms with E-state index in [1.165, 1.54) is 0 Å². The lowest BCUT2D eigenvalue weighted by atomic mass is 10.1. The van der Waals surface area contributed by atoms with Gasteiger partial charge in [-0.1, -0.05) is 42.5 Å². The average Bonchev–Trinajstić information content (AvgIpc) is 2.69. The summed E-state index contributed by atoms with van der Waals surface area (Å²) in [6.45, 7) is 1.27. The molecule has 5 nitrogen and oxygen atoms in total. The van der Waals surface area contributed by atoms with Gasteiger partial charge in [-0.25, -0.2) is 9.97 Å². The van der Waals surface area contributed by atoms with Crippen molar-refractivity contribution in [3.05, 3.63) is 66.4 Å². The molecule has 5 heteroatoms. The predicted octanol–water partition coefficient (Wildman–Crippen LogP) is 4.08. The molecule has 130 valence electrons. The van der Waals surface area contributed by atoms with Crippen molar-refractivity contribution in [1.29, 1.82) is 0 Å². The Kier molecular flexibility index (Phi) is 4.71. The number of rotatable bonds is 5. The number of fused-ring (bicyclic) bond motifs is 1. The van der Waals surface area contributed by atoms with E-state index in [1.54, 1.807) is 7.11 Å². The number of benzene rings is 2. The van der Waals surface area contributed by atoms with Crippen LogP contribution in [0.15, 0.2) is 71.4 Å². The highest BCUT2D eigenvalue weighted by Gasteiger charge is 2.12. The van der Waals surface area contributed by atoms with Crippen LogP contribution in [0.25, 0.3) is 22.3 Å². The van der Waals surface area contributed by atoms with Crippen molar-refractivity contribution in [2.24, 2.45) is 4.99 Å². The van der Waals surface area contributed by atoms with Gasteiger partial charge in [0.2, 0.25) is 0 Å². The van der Waals surface area contributed by atoms with Crippen molar-refractivity contribution in [3.8, 4) is 11.4 Å². The highest BCUT2D eigenvalue weighted by atomic mass is 16.5. The second kappa shape index (κ2) is 7.45. The van der Waals surface area contributed by atoms with Crippen LogP contribution in [-0.2, 0) is 4.74 Å². The molecule has 0 unspecified atom stereocenters. The van der Waals surface area contributed by atoms with Crippen LogP contribution >= 0.6 is 0 Å². The predicted molar refractivity (Wildman–Crippen MR) is 105 cm³/mol. The van der Waals surface area contributed by atoms with Gasteiger partial charge < -0.3 is 10.1 Å². The molecular weight excluding hydrogens is 324 g/mol. The molecular formula is C21H20N4O. The van der Waals surface area contributed by atoms with Gasteiger partial charge in [0.1, 0.15) is 5.82 Å². The molecule has 0 saturated heterocycles. The van der Waals surface area contributed by atoms with Gasteiger partial charge in [0.05, 0.1) is 17.8 Å². The molecule has 3 aromatic rings. The maximum atomic E-state index is 5.20. The van der Waals surface area contributed by atoms with Crippen LogP contribution in [0.2, 0.25) is 0 Å². The van der Waals surface area contributed by atoms with E-state index in [2.05, 4.69) is 10.3 Å². The summed E-state index contributed by atoms with van der Waals surface area (Å²) in [4.78, 5) is 14.0. The molecule has 0 bridgehead atoms. The molecule has 0 aliphatic carbocycles. The zero-order valence-electron chi connectivity index (χ0n) is 14.6. The normalized spacial score (nSPS) is 14.0. The molecule has 0 amide bonds. The van der Waals surface area contributed by atoms with Crippen molar-refractivity contribution in [1.82, 2.24) is 9.97 Å². The van der Waals surface area contributed by atoms with Gasteiger partial charge in [-0.2, -0.15) is 0 Å². The first kappa shape index (κ1) is 16.4. The molecule has 0 fully saturated rings. The van der Waals surface area contributed by atoms with Gasteiger partial charge in [-0.05, 0) is 18.2 Å². The summed E-state index contributed by atoms with van der Waals surface area (Å²) < 4.78 is 5.20. The fourth-order valence-corrected chi connectivity index (χ4v) is 3.01. The number of anilines is 1. The van der Waals surface area contributed by atoms with E-state index in [-0.39, 0.29) is 0 Å². The van der Waals surface area contributed by atoms with E-state index < -0.39 is 0 Å². The van der Waals surface area contributed by atoms with E-state index in [1.807, 2.05) is 60.7 Å². The summed E-state index contributed by atoms with van der Waals surface area (Å²) >= 11 is 0. The van der Waals surface area contributed by atoms with E-state index in [0.717, 1.165) is 46.7 Å². The number of dihydropyridines is 1. The van der Waals surface area contributed by atoms with Gasteiger partial charge in [0, 0.05) is 36.7 Å². The highest BCUT2D eigenvalue weighted by Crippen LogP contribution is 2.26. The Balaban J connectivity index is 1.75. The molecule has 2 aromatic carbocycles. The molecule has 2 heterocycles. The minimum Gasteiger partial charge on any atom is -0.378 e. The molecule has 1 aliphatic rings. The topological polar surface area (TPSA) is 59.4 Å². The molecule has 1 aromatic heterocycles. The lowest BCUT2D eigenvalue weighted by Crippen LogP contribution is -2.15. The third-order valence-corrected chi connectivity index (χ3v) is 4.24. The number of aromatic nitrogens is 2. The summed E-state index contributed by atoms with van der Waals surface area (Å²) in [5, 5.41) is 4.50. The Hall–Kier alpha value is -3.05. The van der Waals surface area contributed by atoms with Crippen LogP contribution < -0.4 is 5.32 Å². The minimum absolute atomic E-state index is 0.519. The van der Waals surface area contributed by atoms with Gasteiger partial charge in [-0.3, -0.25) is 4.99 Å². The highest BCUT2D eigenvalue weighted by molar-refractivity contribution is 5.98. The first-order valence-electron chi connectivity index (χ1n) is 8.65. The van der Waals surface area contributed by atoms with Gasteiger partial charge in [0.15, 0.2) is 5.82 Å². The number of nitrogens with zero attached hydrogens (tertiary/aromatic N) is 3. The van der Waals surface area contributed by atoms with E-state index in [4.69, 9.17) is 14.7 Å². The first-order chi connectivity index (χ1) is 12.8. The standard InChI is InChI=1S/C21H20N4O/c1-26-14-17-13-16(11-12-22-17)23-21-18-9-5-6-10-19(18)24-20(25-21)15-7-3-2-4-8-15/h2-10,13H,11-12,14H2,1H3,(H,23,24,25). The van der Waals surface area contributed by atoms with E-state index in [9.17, 15) is 0 Å². The minimum atomic E-state index is 0.519. The summed E-state index contributed by atoms with van der Waals surface area (Å²) in [5.41, 5.74) is 3.96. The molecule has 0 radical (unpaired) electrons. The zero-order chi connectivity index (χ0) is 17.8. The Morgan fingerprint density at radius 3 is 2.65 bits per heavy atom. The first-order valence-corrected chi connectivity index (χ1v) is 8.65. The van der Waals surface area contributed by atoms with Crippen molar-refractivity contribution in [3.63, 3.8) is 0 Å². The maximum absolute atomic E-state index is 5.20. The number of ether oxygens (including phenoxy) is 1. The van der Waals surface area contributed by atoms with Crippen LogP contribution in [0.1, 0.15) is 6.42 Å². The number of nitrogens with one attached hydrogen (secondary N) is 1. The van der Waals surface area contributed by atoms with Gasteiger partial charge in [-0.15, -0.1) is 0 Å². The lowest BCUT2D eigenvalue weighted by Gasteiger charge is -2.16. The Morgan fingerprint density at radius 2 is 1.81 bits per heavy atom. The lowest BCUT2D eigenvalue weighted by molar-refractivity contribution is 0.245. The Bertz CT molecular complexity index is 980. The van der Waals surface area contributed by atoms with Gasteiger partial charge in [0.25, 0.3) is 0 Å². The third-order valence-electron chi connectivity index (χ3n) is 4.24. The molecule has 0 atom stereocenters. The largest absolute Gasteiger partial charge is 0.378 e. The van der Waals surface area contributed by atoms with Crippen molar-refractivity contribution in [2.75, 3.05) is 25.6 Å². The summed E-state index contributed by atoms with van der Waals surface area (Å²) in [6.07, 6.45) is 2.90. The smallest absolute Gasteiger partial charge is 0.162 e. The van der Waals surface area contributed by atoms with Crippen LogP contribution in [0.3, 0.4) is 0 Å². The third kappa shape index (κ3) is 3.48. The number of para-hydroxylation sites is 1. The average molecular weight is 344 g/mol. The van der Waals surface area contributed by atoms with E-state index >= 15 is 0 Å². The molecule has 26 heavy (non-hydrogen) atoms. The Labute approximate surface area is 152 Å². The van der Waals surface area contributed by atoms with Crippen LogP contribution in [0, 0.1) is 0 Å². The van der Waals surface area contributed by atoms with E-state index in [0.29, 0.717) is 12.4 Å². The molecule has 1 N–H and O–H groups in total. The maximum Gasteiger partial charge on any atom is 0.162 e. The van der Waals surface area contributed by atoms with Crippen LogP contribution in [0.4, 0.5) is 5.82 Å². The van der Waals surface area contributed by atoms with Crippen LogP contribution in [-0.4, -0.2) is 35.9 Å². The second-order valence-electron chi connectivity index (χ2n) is 6.13. The van der Waals surface area contributed by atoms with Crippen molar-refractivity contribution >= 4 is 22.4 Å². The molecule has 1 aliphatic heterocycles. The number of methoxy groups -OCH3 is 1. The number of hydrogen-bond acceptors (Lipinski definition) is 5. The number of aliphatic imine (C=N–C) groups is 1. The van der Waals surface area contributed by atoms with Crippen LogP contribution in [0.5, 0.6) is 0 Å². The van der Waals surface area contributed by atoms with Crippen molar-refractivity contribution < 1.29 is 4.74 Å². The fraction of sp³-hybridized carbons (Fsp3) is 0.190. The fourth-order valence-electron chi connectivity index (χ4n) is 3.01. The summed E-state index contributed by atoms with van der Waals surface area (Å²) in [6, 6.07) is 18.1. The molecule has 4 rings (SSSR count). The quantitative estimate of drug-likeness (QED) is 0.757. The molecule has 0 spiro atoms. The molecule has 0 saturated carbocycles. The number of hydrogen-bond donors (Lipinski definition) is 1. The monoisotopic (exact) mass is 344 g/mol.